The number of rotatable bonds is 3. The summed E-state index contributed by atoms with van der Waals surface area (Å²) in [5.41, 5.74) is 1.24. The molecule has 0 spiro atoms. The molecule has 3 nitrogen and oxygen atoms in total. The third kappa shape index (κ3) is 14.9. The minimum Gasteiger partial charge on any atom is -0.355 e. The number of hydrogen-bond acceptors (Lipinski definition) is 2. The first-order valence-electron chi connectivity index (χ1n) is 7.82. The summed E-state index contributed by atoms with van der Waals surface area (Å²) in [5, 5.41) is 5.60. The Hall–Kier alpha value is -1.35. The number of hydrogen-bond donors (Lipinski definition) is 2. The fourth-order valence-corrected chi connectivity index (χ4v) is 1.34. The molecule has 0 aliphatic rings. The van der Waals surface area contributed by atoms with Crippen molar-refractivity contribution in [3.63, 3.8) is 0 Å². The van der Waals surface area contributed by atoms with Crippen LogP contribution in [0.3, 0.4) is 0 Å². The Morgan fingerprint density at radius 1 is 1.00 bits per heavy atom. The van der Waals surface area contributed by atoms with Crippen LogP contribution in [0.15, 0.2) is 30.3 Å². The van der Waals surface area contributed by atoms with Gasteiger partial charge in [-0.2, -0.15) is 0 Å². The third-order valence-electron chi connectivity index (χ3n) is 2.33. The molecular formula is C18H36N2O. The molecule has 0 aliphatic carbocycles. The van der Waals surface area contributed by atoms with E-state index in [-0.39, 0.29) is 11.3 Å². The average molecular weight is 296 g/mol. The van der Waals surface area contributed by atoms with Gasteiger partial charge in [0.1, 0.15) is 0 Å². The van der Waals surface area contributed by atoms with E-state index in [9.17, 15) is 4.79 Å². The monoisotopic (exact) mass is 296 g/mol. The van der Waals surface area contributed by atoms with Gasteiger partial charge in [0.05, 0.1) is 0 Å². The second kappa shape index (κ2) is 16.7. The van der Waals surface area contributed by atoms with Crippen LogP contribution >= 0.6 is 0 Å². The van der Waals surface area contributed by atoms with Gasteiger partial charge in [0.15, 0.2) is 0 Å². The van der Waals surface area contributed by atoms with E-state index in [1.807, 2.05) is 60.0 Å². The molecule has 21 heavy (non-hydrogen) atoms. The molecule has 0 atom stereocenters. The number of carbonyl (C=O) groups excluding carboxylic acids is 1. The lowest BCUT2D eigenvalue weighted by Gasteiger charge is -2.25. The van der Waals surface area contributed by atoms with Crippen LogP contribution in [0.25, 0.3) is 0 Å². The van der Waals surface area contributed by atoms with Crippen LogP contribution < -0.4 is 10.6 Å². The average Bonchev–Trinajstić information content (AvgIpc) is 2.51. The molecule has 3 heteroatoms. The number of nitrogens with one attached hydrogen (secondary N) is 2. The number of benzene rings is 1. The van der Waals surface area contributed by atoms with Crippen LogP contribution in [0, 0.1) is 0 Å². The fraction of sp³-hybridized carbons (Fsp3) is 0.611. The zero-order chi connectivity index (χ0) is 17.3. The summed E-state index contributed by atoms with van der Waals surface area (Å²) in [6.07, 6.45) is 0. The van der Waals surface area contributed by atoms with Gasteiger partial charge in [0.25, 0.3) is 0 Å². The van der Waals surface area contributed by atoms with Crippen LogP contribution in [-0.2, 0) is 10.2 Å². The quantitative estimate of drug-likeness (QED) is 0.885. The highest BCUT2D eigenvalue weighted by atomic mass is 16.1. The highest BCUT2D eigenvalue weighted by molar-refractivity contribution is 5.72. The van der Waals surface area contributed by atoms with Crippen molar-refractivity contribution in [2.24, 2.45) is 0 Å². The topological polar surface area (TPSA) is 41.1 Å². The summed E-state index contributed by atoms with van der Waals surface area (Å²) >= 11 is 0. The van der Waals surface area contributed by atoms with Gasteiger partial charge in [-0.3, -0.25) is 4.79 Å². The molecule has 0 aromatic heterocycles. The Balaban J connectivity index is -0.000000399. The molecular weight excluding hydrogens is 260 g/mol. The van der Waals surface area contributed by atoms with Crippen molar-refractivity contribution < 1.29 is 4.79 Å². The molecule has 1 rings (SSSR count). The molecule has 1 aromatic carbocycles. The van der Waals surface area contributed by atoms with E-state index in [1.165, 1.54) is 5.56 Å². The summed E-state index contributed by atoms with van der Waals surface area (Å²) in [7, 11) is 3.75. The molecule has 1 amide bonds. The summed E-state index contributed by atoms with van der Waals surface area (Å²) in [6.45, 7) is 14.5. The summed E-state index contributed by atoms with van der Waals surface area (Å²) in [6, 6.07) is 10.2. The summed E-state index contributed by atoms with van der Waals surface area (Å²) < 4.78 is 0. The van der Waals surface area contributed by atoms with Gasteiger partial charge in [-0.15, -0.1) is 0 Å². The molecule has 0 bridgehead atoms. The van der Waals surface area contributed by atoms with Gasteiger partial charge in [0.2, 0.25) is 5.91 Å². The normalized spacial score (nSPS) is 8.81. The lowest BCUT2D eigenvalue weighted by molar-refractivity contribution is -0.119. The van der Waals surface area contributed by atoms with Gasteiger partial charge in [-0.1, -0.05) is 71.9 Å². The maximum absolute atomic E-state index is 10.8. The summed E-state index contributed by atoms with van der Waals surface area (Å²) in [5.74, 6) is 0.0222. The predicted molar refractivity (Wildman–Crippen MR) is 95.8 cm³/mol. The first-order valence-corrected chi connectivity index (χ1v) is 7.82. The third-order valence-corrected chi connectivity index (χ3v) is 2.33. The molecule has 0 fully saturated rings. The van der Waals surface area contributed by atoms with E-state index in [2.05, 4.69) is 36.6 Å². The van der Waals surface area contributed by atoms with E-state index in [1.54, 1.807) is 6.92 Å². The van der Waals surface area contributed by atoms with Gasteiger partial charge in [0, 0.05) is 18.9 Å². The van der Waals surface area contributed by atoms with Crippen molar-refractivity contribution in [2.45, 2.75) is 53.9 Å². The maximum atomic E-state index is 10.8. The fourth-order valence-electron chi connectivity index (χ4n) is 1.34. The molecule has 2 N–H and O–H groups in total. The summed E-state index contributed by atoms with van der Waals surface area (Å²) in [4.78, 5) is 10.8. The minimum absolute atomic E-state index is 0.00701. The van der Waals surface area contributed by atoms with Crippen molar-refractivity contribution in [3.05, 3.63) is 35.9 Å². The Bertz CT molecular complexity index is 321. The lowest BCUT2D eigenvalue weighted by Crippen LogP contribution is -2.35. The molecule has 0 radical (unpaired) electrons. The van der Waals surface area contributed by atoms with E-state index < -0.39 is 0 Å². The molecule has 0 heterocycles. The van der Waals surface area contributed by atoms with E-state index >= 15 is 0 Å². The van der Waals surface area contributed by atoms with E-state index in [0.717, 1.165) is 0 Å². The molecule has 0 aliphatic heterocycles. The van der Waals surface area contributed by atoms with Gasteiger partial charge >= 0.3 is 0 Å². The number of carbonyl (C=O) groups is 1. The smallest absolute Gasteiger partial charge is 0.216 e. The zero-order valence-corrected chi connectivity index (χ0v) is 15.5. The minimum atomic E-state index is -0.00701. The Kier molecular flexibility index (Phi) is 19.6. The Labute approximate surface area is 132 Å². The van der Waals surface area contributed by atoms with Crippen molar-refractivity contribution in [3.8, 4) is 0 Å². The zero-order valence-electron chi connectivity index (χ0n) is 15.5. The van der Waals surface area contributed by atoms with Crippen LogP contribution in [-0.4, -0.2) is 26.5 Å². The molecule has 1 aromatic rings. The van der Waals surface area contributed by atoms with E-state index in [0.29, 0.717) is 6.54 Å². The van der Waals surface area contributed by atoms with Gasteiger partial charge in [-0.05, 0) is 19.7 Å². The van der Waals surface area contributed by atoms with Crippen LogP contribution in [0.2, 0.25) is 0 Å². The van der Waals surface area contributed by atoms with Gasteiger partial charge < -0.3 is 10.6 Å². The Morgan fingerprint density at radius 3 is 1.71 bits per heavy atom. The second-order valence-electron chi connectivity index (χ2n) is 4.66. The highest BCUT2D eigenvalue weighted by Gasteiger charge is 2.19. The molecule has 124 valence electrons. The van der Waals surface area contributed by atoms with Crippen LogP contribution in [0.5, 0.6) is 0 Å². The molecule has 0 saturated carbocycles. The Morgan fingerprint density at radius 2 is 1.38 bits per heavy atom. The van der Waals surface area contributed by atoms with Crippen LogP contribution in [0.1, 0.15) is 54.0 Å². The second-order valence-corrected chi connectivity index (χ2v) is 4.66. The van der Waals surface area contributed by atoms with Crippen molar-refractivity contribution >= 4 is 5.91 Å². The lowest BCUT2D eigenvalue weighted by atomic mass is 9.85. The first kappa shape index (κ1) is 24.7. The SMILES string of the molecule is CC.CC.CC(=O)NCC(C)(C)c1ccccc1.CNC. The van der Waals surface area contributed by atoms with E-state index in [4.69, 9.17) is 0 Å². The predicted octanol–water partition coefficient (Wildman–Crippen LogP) is 3.99. The maximum Gasteiger partial charge on any atom is 0.216 e. The highest BCUT2D eigenvalue weighted by Crippen LogP contribution is 2.21. The first-order chi connectivity index (χ1) is 9.94. The molecule has 0 saturated heterocycles. The van der Waals surface area contributed by atoms with Gasteiger partial charge in [-0.25, -0.2) is 0 Å². The van der Waals surface area contributed by atoms with Crippen molar-refractivity contribution in [1.82, 2.24) is 10.6 Å². The largest absolute Gasteiger partial charge is 0.355 e. The standard InChI is InChI=1S/C12H17NO.C2H7N.2C2H6/c1-10(14)13-9-12(2,3)11-7-5-4-6-8-11;1-3-2;2*1-2/h4-8H,9H2,1-3H3,(H,13,14);3H,1-2H3;2*1-2H3. The number of amides is 1. The van der Waals surface area contributed by atoms with Crippen molar-refractivity contribution in [2.75, 3.05) is 20.6 Å². The molecule has 0 unspecified atom stereocenters. The van der Waals surface area contributed by atoms with Crippen LogP contribution in [0.4, 0.5) is 0 Å². The van der Waals surface area contributed by atoms with Crippen molar-refractivity contribution in [1.29, 1.82) is 0 Å².